The number of nitrogens with one attached hydrogen (secondary N) is 1. The maximum atomic E-state index is 14.3. The summed E-state index contributed by atoms with van der Waals surface area (Å²) in [5.74, 6) is 0.233. The van der Waals surface area contributed by atoms with Gasteiger partial charge in [0.25, 0.3) is 0 Å². The molecule has 3 rings (SSSR count). The average molecular weight is 297 g/mol. The molecule has 5 heteroatoms. The first kappa shape index (κ1) is 14.1. The number of benzene rings is 2. The number of aromatic nitrogens is 2. The molecule has 0 amide bonds. The maximum absolute atomic E-state index is 14.3. The molecule has 0 saturated carbocycles. The minimum Gasteiger partial charge on any atom is -0.486 e. The third-order valence-electron chi connectivity index (χ3n) is 3.36. The molecule has 4 nitrogen and oxygen atoms in total. The van der Waals surface area contributed by atoms with Gasteiger partial charge in [-0.2, -0.15) is 5.10 Å². The molecule has 112 valence electrons. The van der Waals surface area contributed by atoms with Crippen molar-refractivity contribution in [1.29, 1.82) is 0 Å². The smallest absolute Gasteiger partial charge is 0.166 e. The summed E-state index contributed by atoms with van der Waals surface area (Å²) in [4.78, 5) is 0. The summed E-state index contributed by atoms with van der Waals surface area (Å²) < 4.78 is 19.9. The van der Waals surface area contributed by atoms with Crippen LogP contribution in [-0.4, -0.2) is 10.2 Å². The van der Waals surface area contributed by atoms with Gasteiger partial charge in [0.1, 0.15) is 12.4 Å². The third-order valence-corrected chi connectivity index (χ3v) is 3.36. The van der Waals surface area contributed by atoms with Gasteiger partial charge in [0.05, 0.1) is 5.69 Å². The minimum atomic E-state index is -0.404. The van der Waals surface area contributed by atoms with Gasteiger partial charge in [0.2, 0.25) is 0 Å². The zero-order valence-electron chi connectivity index (χ0n) is 12.1. The summed E-state index contributed by atoms with van der Waals surface area (Å²) in [5, 5.41) is 6.62. The second-order valence-corrected chi connectivity index (χ2v) is 5.08. The number of anilines is 1. The number of aryl methyl sites for hydroxylation is 1. The van der Waals surface area contributed by atoms with Crippen molar-refractivity contribution in [1.82, 2.24) is 10.2 Å². The molecule has 0 unspecified atom stereocenters. The average Bonchev–Trinajstić information content (AvgIpc) is 2.94. The molecule has 0 aliphatic carbocycles. The molecular weight excluding hydrogens is 281 g/mol. The highest BCUT2D eigenvalue weighted by Crippen LogP contribution is 2.29. The molecule has 0 aliphatic heterocycles. The van der Waals surface area contributed by atoms with Crippen LogP contribution in [0.5, 0.6) is 5.75 Å². The maximum Gasteiger partial charge on any atom is 0.166 e. The molecule has 0 radical (unpaired) electrons. The van der Waals surface area contributed by atoms with Crippen LogP contribution in [0.25, 0.3) is 11.3 Å². The number of halogens is 1. The van der Waals surface area contributed by atoms with E-state index in [-0.39, 0.29) is 5.75 Å². The van der Waals surface area contributed by atoms with Gasteiger partial charge in [-0.3, -0.25) is 5.10 Å². The third kappa shape index (κ3) is 2.93. The predicted octanol–water partition coefficient (Wildman–Crippen LogP) is 3.69. The van der Waals surface area contributed by atoms with E-state index in [9.17, 15) is 4.39 Å². The number of aromatic amines is 1. The van der Waals surface area contributed by atoms with Crippen LogP contribution >= 0.6 is 0 Å². The first-order valence-corrected chi connectivity index (χ1v) is 6.91. The van der Waals surface area contributed by atoms with Crippen molar-refractivity contribution in [2.24, 2.45) is 0 Å². The van der Waals surface area contributed by atoms with Crippen LogP contribution in [0.3, 0.4) is 0 Å². The van der Waals surface area contributed by atoms with Crippen LogP contribution in [0.15, 0.2) is 48.5 Å². The van der Waals surface area contributed by atoms with Gasteiger partial charge in [-0.15, -0.1) is 0 Å². The summed E-state index contributed by atoms with van der Waals surface area (Å²) in [7, 11) is 0. The number of rotatable bonds is 4. The number of ether oxygens (including phenoxy) is 1. The normalized spacial score (nSPS) is 10.6. The van der Waals surface area contributed by atoms with Gasteiger partial charge in [0, 0.05) is 11.6 Å². The molecule has 2 aromatic carbocycles. The number of nitrogen functional groups attached to an aromatic ring is 1. The number of nitrogens with two attached hydrogens (primary N) is 1. The number of hydrogen-bond acceptors (Lipinski definition) is 3. The Morgan fingerprint density at radius 1 is 1.18 bits per heavy atom. The van der Waals surface area contributed by atoms with Crippen molar-refractivity contribution in [3.63, 3.8) is 0 Å². The number of H-pyrrole nitrogens is 1. The van der Waals surface area contributed by atoms with Gasteiger partial charge >= 0.3 is 0 Å². The summed E-state index contributed by atoms with van der Waals surface area (Å²) in [5.41, 5.74) is 8.65. The van der Waals surface area contributed by atoms with Crippen LogP contribution in [0.1, 0.15) is 11.1 Å². The second kappa shape index (κ2) is 5.89. The Hall–Kier alpha value is -2.82. The molecule has 1 aromatic heterocycles. The van der Waals surface area contributed by atoms with Crippen molar-refractivity contribution in [2.45, 2.75) is 13.5 Å². The molecule has 3 N–H and O–H groups in total. The topological polar surface area (TPSA) is 63.9 Å². The van der Waals surface area contributed by atoms with Gasteiger partial charge < -0.3 is 10.5 Å². The van der Waals surface area contributed by atoms with E-state index in [0.717, 1.165) is 11.1 Å². The van der Waals surface area contributed by atoms with Crippen molar-refractivity contribution in [3.05, 3.63) is 65.5 Å². The Labute approximate surface area is 127 Å². The molecule has 0 atom stereocenters. The predicted molar refractivity (Wildman–Crippen MR) is 83.9 cm³/mol. The van der Waals surface area contributed by atoms with E-state index >= 15 is 0 Å². The van der Waals surface area contributed by atoms with E-state index in [2.05, 4.69) is 10.2 Å². The Balaban J connectivity index is 1.84. The molecule has 0 bridgehead atoms. The minimum absolute atomic E-state index is 0.264. The highest BCUT2D eigenvalue weighted by atomic mass is 19.1. The van der Waals surface area contributed by atoms with Crippen LogP contribution in [0.2, 0.25) is 0 Å². The molecule has 0 spiro atoms. The lowest BCUT2D eigenvalue weighted by molar-refractivity contribution is 0.288. The highest BCUT2D eigenvalue weighted by molar-refractivity contribution is 5.64. The van der Waals surface area contributed by atoms with Crippen molar-refractivity contribution in [3.8, 4) is 17.0 Å². The molecule has 0 saturated heterocycles. The molecule has 1 heterocycles. The first-order chi connectivity index (χ1) is 10.6. The molecular formula is C17H16FN3O. The highest BCUT2D eigenvalue weighted by Gasteiger charge is 2.12. The lowest BCUT2D eigenvalue weighted by Crippen LogP contribution is -2.00. The van der Waals surface area contributed by atoms with E-state index < -0.39 is 5.82 Å². The Morgan fingerprint density at radius 3 is 2.59 bits per heavy atom. The quantitative estimate of drug-likeness (QED) is 0.772. The van der Waals surface area contributed by atoms with E-state index in [1.807, 2.05) is 43.3 Å². The largest absolute Gasteiger partial charge is 0.486 e. The Kier molecular flexibility index (Phi) is 3.78. The molecule has 0 aliphatic rings. The molecule has 22 heavy (non-hydrogen) atoms. The van der Waals surface area contributed by atoms with E-state index in [1.54, 1.807) is 6.07 Å². The standard InChI is InChI=1S/C17H16FN3O/c1-11-7-13(15-9-16(19)21-20-15)8-14(18)17(11)22-10-12-5-3-2-4-6-12/h2-9H,10H2,1H3,(H3,19,20,21). The van der Waals surface area contributed by atoms with E-state index in [0.29, 0.717) is 23.7 Å². The second-order valence-electron chi connectivity index (χ2n) is 5.08. The zero-order valence-corrected chi connectivity index (χ0v) is 12.1. The fourth-order valence-electron chi connectivity index (χ4n) is 2.28. The van der Waals surface area contributed by atoms with Crippen LogP contribution < -0.4 is 10.5 Å². The van der Waals surface area contributed by atoms with Gasteiger partial charge in [0.15, 0.2) is 11.6 Å². The molecule has 0 fully saturated rings. The summed E-state index contributed by atoms with van der Waals surface area (Å²) in [6.45, 7) is 2.14. The Bertz CT molecular complexity index is 761. The summed E-state index contributed by atoms with van der Waals surface area (Å²) in [6.07, 6.45) is 0. The van der Waals surface area contributed by atoms with Gasteiger partial charge in [-0.1, -0.05) is 30.3 Å². The molecule has 3 aromatic rings. The van der Waals surface area contributed by atoms with E-state index in [4.69, 9.17) is 10.5 Å². The SMILES string of the molecule is Cc1cc(-c2cc(N)n[nH]2)cc(F)c1OCc1ccccc1. The zero-order chi connectivity index (χ0) is 15.5. The van der Waals surface area contributed by atoms with Crippen molar-refractivity contribution in [2.75, 3.05) is 5.73 Å². The number of nitrogens with zero attached hydrogens (tertiary/aromatic N) is 1. The van der Waals surface area contributed by atoms with Crippen LogP contribution in [0, 0.1) is 12.7 Å². The monoisotopic (exact) mass is 297 g/mol. The number of hydrogen-bond donors (Lipinski definition) is 2. The van der Waals surface area contributed by atoms with Gasteiger partial charge in [-0.05, 0) is 30.2 Å². The Morgan fingerprint density at radius 2 is 1.95 bits per heavy atom. The van der Waals surface area contributed by atoms with Crippen LogP contribution in [-0.2, 0) is 6.61 Å². The fraction of sp³-hybridized carbons (Fsp3) is 0.118. The van der Waals surface area contributed by atoms with Crippen LogP contribution in [0.4, 0.5) is 10.2 Å². The lowest BCUT2D eigenvalue weighted by atomic mass is 10.1. The van der Waals surface area contributed by atoms with Crippen molar-refractivity contribution < 1.29 is 9.13 Å². The lowest BCUT2D eigenvalue weighted by Gasteiger charge is -2.11. The summed E-state index contributed by atoms with van der Waals surface area (Å²) in [6, 6.07) is 14.6. The van der Waals surface area contributed by atoms with Crippen molar-refractivity contribution >= 4 is 5.82 Å². The summed E-state index contributed by atoms with van der Waals surface area (Å²) >= 11 is 0. The first-order valence-electron chi connectivity index (χ1n) is 6.91. The fourth-order valence-corrected chi connectivity index (χ4v) is 2.28. The van der Waals surface area contributed by atoms with E-state index in [1.165, 1.54) is 6.07 Å². The van der Waals surface area contributed by atoms with Gasteiger partial charge in [-0.25, -0.2) is 4.39 Å².